The molecule has 7 aromatic carbocycles. The first-order valence-electron chi connectivity index (χ1n) is 19.6. The molecule has 0 aliphatic heterocycles. The van der Waals surface area contributed by atoms with E-state index >= 15 is 0 Å². The number of nitrogens with zero attached hydrogens (tertiary/aromatic N) is 3. The average Bonchev–Trinajstić information content (AvgIpc) is 3.26. The molecule has 7 rings (SSSR count). The minimum absolute atomic E-state index is 0.183. The average molecular weight is 988 g/mol. The van der Waals surface area contributed by atoms with Crippen LogP contribution in [0.2, 0.25) is 0 Å². The van der Waals surface area contributed by atoms with Gasteiger partial charge in [0.25, 0.3) is 0 Å². The van der Waals surface area contributed by atoms with Gasteiger partial charge in [0.05, 0.1) is 50.4 Å². The highest BCUT2D eigenvalue weighted by molar-refractivity contribution is 5.89. The Labute approximate surface area is 378 Å². The summed E-state index contributed by atoms with van der Waals surface area (Å²) in [7, 11) is 0. The highest BCUT2D eigenvalue weighted by atomic mass is 19.4. The summed E-state index contributed by atoms with van der Waals surface area (Å²) >= 11 is 0. The predicted octanol–water partition coefficient (Wildman–Crippen LogP) is 18.2. The van der Waals surface area contributed by atoms with Gasteiger partial charge in [-0.05, 0) is 164 Å². The zero-order valence-corrected chi connectivity index (χ0v) is 34.2. The highest BCUT2D eigenvalue weighted by Crippen LogP contribution is 2.48. The van der Waals surface area contributed by atoms with Crippen LogP contribution < -0.4 is 14.7 Å². The molecule has 21 heteroatoms. The van der Waals surface area contributed by atoms with E-state index in [9.17, 15) is 79.0 Å². The van der Waals surface area contributed by atoms with Gasteiger partial charge in [-0.25, -0.2) is 0 Å². The molecule has 0 heterocycles. The second-order valence-electron chi connectivity index (χ2n) is 15.0. The van der Waals surface area contributed by atoms with Crippen LogP contribution in [0.5, 0.6) is 0 Å². The van der Waals surface area contributed by atoms with Gasteiger partial charge in [0.1, 0.15) is 0 Å². The summed E-state index contributed by atoms with van der Waals surface area (Å²) < 4.78 is 249. The molecule has 0 atom stereocenters. The van der Waals surface area contributed by atoms with Gasteiger partial charge >= 0.3 is 37.1 Å². The maximum absolute atomic E-state index is 13.8. The van der Waals surface area contributed by atoms with E-state index in [0.29, 0.717) is 72.8 Å². The van der Waals surface area contributed by atoms with Crippen molar-refractivity contribution in [3.63, 3.8) is 0 Å². The zero-order chi connectivity index (χ0) is 50.5. The Kier molecular flexibility index (Phi) is 12.9. The van der Waals surface area contributed by atoms with E-state index in [1.165, 1.54) is 18.2 Å². The third kappa shape index (κ3) is 11.2. The lowest BCUT2D eigenvalue weighted by Gasteiger charge is -2.33. The van der Waals surface area contributed by atoms with Crippen molar-refractivity contribution in [2.45, 2.75) is 37.1 Å². The molecule has 0 amide bonds. The first-order chi connectivity index (χ1) is 32.0. The number of alkyl halides is 18. The third-order valence-corrected chi connectivity index (χ3v) is 10.4. The fourth-order valence-corrected chi connectivity index (χ4v) is 7.11. The van der Waals surface area contributed by atoms with Crippen molar-refractivity contribution in [2.75, 3.05) is 14.7 Å². The van der Waals surface area contributed by atoms with Crippen molar-refractivity contribution in [1.82, 2.24) is 0 Å². The van der Waals surface area contributed by atoms with Crippen molar-refractivity contribution in [1.29, 1.82) is 0 Å². The van der Waals surface area contributed by atoms with Crippen LogP contribution in [0.1, 0.15) is 33.4 Å². The first kappa shape index (κ1) is 49.6. The summed E-state index contributed by atoms with van der Waals surface area (Å²) in [5, 5.41) is 0. The van der Waals surface area contributed by atoms with Crippen molar-refractivity contribution in [2.24, 2.45) is 0 Å². The van der Waals surface area contributed by atoms with Crippen LogP contribution in [-0.4, -0.2) is 0 Å². The number of hydrogen-bond acceptors (Lipinski definition) is 3. The van der Waals surface area contributed by atoms with Crippen LogP contribution in [0.25, 0.3) is 0 Å². The number of halogens is 18. The standard InChI is InChI=1S/C48H27F18N3/c49-43(50,51)28-1-13-34(14-2-28)67(35-15-3-29(4-16-35)44(52,53)54)40-25-41(68(36-17-5-30(6-18-36)45(55,56)57)37-19-7-31(8-20-37)46(58,59)60)27-42(26-40)69(38-21-9-32(10-22-38)47(61,62)63)39-23-11-33(12-24-39)48(64,65)66/h1-27H. The SMILES string of the molecule is FC(F)(F)c1ccc(N(c2ccc(C(F)(F)F)cc2)c2cc(N(c3ccc(C(F)(F)F)cc3)c3ccc(C(F)(F)F)cc3)cc(N(c3ccc(C(F)(F)F)cc3)c3ccc(C(F)(F)F)cc3)c2)cc1. The molecule has 3 nitrogen and oxygen atoms in total. The van der Waals surface area contributed by atoms with E-state index in [0.717, 1.165) is 87.5 Å². The molecule has 0 bridgehead atoms. The molecule has 0 aliphatic rings. The zero-order valence-electron chi connectivity index (χ0n) is 34.2. The van der Waals surface area contributed by atoms with Crippen molar-refractivity contribution < 1.29 is 79.0 Å². The Balaban J connectivity index is 1.58. The first-order valence-corrected chi connectivity index (χ1v) is 19.6. The molecule has 0 saturated carbocycles. The summed E-state index contributed by atoms with van der Waals surface area (Å²) in [4.78, 5) is 3.34. The van der Waals surface area contributed by atoms with Crippen molar-refractivity contribution >= 4 is 51.2 Å². The molecule has 0 saturated heterocycles. The highest BCUT2D eigenvalue weighted by Gasteiger charge is 2.36. The largest absolute Gasteiger partial charge is 0.416 e. The summed E-state index contributed by atoms with van der Waals surface area (Å²) in [6.45, 7) is 0. The van der Waals surface area contributed by atoms with Crippen molar-refractivity contribution in [3.05, 3.63) is 197 Å². The Morgan fingerprint density at radius 3 is 0.391 bits per heavy atom. The molecule has 0 aromatic heterocycles. The lowest BCUT2D eigenvalue weighted by Crippen LogP contribution is -2.17. The van der Waals surface area contributed by atoms with Crippen LogP contribution >= 0.6 is 0 Å². The van der Waals surface area contributed by atoms with Gasteiger partial charge in [0.15, 0.2) is 0 Å². The van der Waals surface area contributed by atoms with Gasteiger partial charge < -0.3 is 14.7 Å². The molecule has 0 N–H and O–H groups in total. The fourth-order valence-electron chi connectivity index (χ4n) is 7.11. The van der Waals surface area contributed by atoms with Gasteiger partial charge in [0, 0.05) is 34.1 Å². The van der Waals surface area contributed by atoms with Crippen LogP contribution in [0, 0.1) is 0 Å². The van der Waals surface area contributed by atoms with Crippen LogP contribution in [0.4, 0.5) is 130 Å². The van der Waals surface area contributed by atoms with Crippen molar-refractivity contribution in [3.8, 4) is 0 Å². The maximum atomic E-state index is 13.8. The lowest BCUT2D eigenvalue weighted by atomic mass is 10.1. The van der Waals surface area contributed by atoms with E-state index in [1.54, 1.807) is 0 Å². The summed E-state index contributed by atoms with van der Waals surface area (Å²) in [6.07, 6.45) is -29.3. The summed E-state index contributed by atoms with van der Waals surface area (Å²) in [5.74, 6) is 0. The van der Waals surface area contributed by atoms with Gasteiger partial charge in [0.2, 0.25) is 0 Å². The molecule has 0 fully saturated rings. The third-order valence-electron chi connectivity index (χ3n) is 10.4. The van der Waals surface area contributed by atoms with E-state index in [1.807, 2.05) is 0 Å². The molecule has 7 aromatic rings. The Bertz CT molecular complexity index is 2360. The van der Waals surface area contributed by atoms with Gasteiger partial charge in [-0.3, -0.25) is 0 Å². The Hall–Kier alpha value is -7.32. The monoisotopic (exact) mass is 987 g/mol. The minimum Gasteiger partial charge on any atom is -0.310 e. The quantitative estimate of drug-likeness (QED) is 0.133. The minimum atomic E-state index is -4.89. The number of benzene rings is 7. The molecular formula is C48H27F18N3. The summed E-state index contributed by atoms with van der Waals surface area (Å²) in [6, 6.07) is 22.3. The normalized spacial score (nSPS) is 12.8. The Morgan fingerprint density at radius 1 is 0.174 bits per heavy atom. The van der Waals surface area contributed by atoms with E-state index in [-0.39, 0.29) is 51.2 Å². The van der Waals surface area contributed by atoms with Gasteiger partial charge in [-0.2, -0.15) is 79.0 Å². The molecule has 0 unspecified atom stereocenters. The fraction of sp³-hybridized carbons (Fsp3) is 0.125. The molecule has 360 valence electrons. The Morgan fingerprint density at radius 2 is 0.290 bits per heavy atom. The van der Waals surface area contributed by atoms with Crippen LogP contribution in [0.3, 0.4) is 0 Å². The van der Waals surface area contributed by atoms with Crippen LogP contribution in [0.15, 0.2) is 164 Å². The predicted molar refractivity (Wildman–Crippen MR) is 221 cm³/mol. The molecule has 0 radical (unpaired) electrons. The smallest absolute Gasteiger partial charge is 0.310 e. The number of rotatable bonds is 9. The number of hydrogen-bond donors (Lipinski definition) is 0. The molecule has 69 heavy (non-hydrogen) atoms. The summed E-state index contributed by atoms with van der Waals surface area (Å²) in [5.41, 5.74) is -8.78. The lowest BCUT2D eigenvalue weighted by molar-refractivity contribution is -0.138. The topological polar surface area (TPSA) is 9.72 Å². The second-order valence-corrected chi connectivity index (χ2v) is 15.0. The molecular weight excluding hydrogens is 961 g/mol. The maximum Gasteiger partial charge on any atom is 0.416 e. The van der Waals surface area contributed by atoms with Gasteiger partial charge in [-0.15, -0.1) is 0 Å². The molecule has 0 aliphatic carbocycles. The number of anilines is 9. The van der Waals surface area contributed by atoms with Crippen LogP contribution in [-0.2, 0) is 37.1 Å². The van der Waals surface area contributed by atoms with Gasteiger partial charge in [-0.1, -0.05) is 0 Å². The van der Waals surface area contributed by atoms with E-state index in [2.05, 4.69) is 0 Å². The van der Waals surface area contributed by atoms with E-state index in [4.69, 9.17) is 0 Å². The molecule has 0 spiro atoms. The second kappa shape index (κ2) is 18.0. The van der Waals surface area contributed by atoms with E-state index < -0.39 is 70.4 Å².